The molecule has 0 amide bonds. The SMILES string of the molecule is CCCc1c(OCCCCN2CCN(c3ccccc3)CC2)ccc(C(C)=O)c1O. The molecule has 0 atom stereocenters. The van der Waals surface area contributed by atoms with Gasteiger partial charge in [0.15, 0.2) is 5.78 Å². The molecule has 2 aromatic rings. The predicted molar refractivity (Wildman–Crippen MR) is 122 cm³/mol. The smallest absolute Gasteiger partial charge is 0.163 e. The van der Waals surface area contributed by atoms with Gasteiger partial charge in [-0.05, 0) is 57.0 Å². The summed E-state index contributed by atoms with van der Waals surface area (Å²) in [6.07, 6.45) is 3.65. The van der Waals surface area contributed by atoms with E-state index in [2.05, 4.69) is 47.1 Å². The molecule has 1 heterocycles. The van der Waals surface area contributed by atoms with Crippen molar-refractivity contribution < 1.29 is 14.6 Å². The Morgan fingerprint density at radius 1 is 1.03 bits per heavy atom. The van der Waals surface area contributed by atoms with Crippen LogP contribution in [0.4, 0.5) is 5.69 Å². The summed E-state index contributed by atoms with van der Waals surface area (Å²) in [7, 11) is 0. The van der Waals surface area contributed by atoms with E-state index < -0.39 is 0 Å². The van der Waals surface area contributed by atoms with E-state index >= 15 is 0 Å². The van der Waals surface area contributed by atoms with Crippen LogP contribution < -0.4 is 9.64 Å². The molecule has 2 aromatic carbocycles. The first-order valence-electron chi connectivity index (χ1n) is 11.1. The van der Waals surface area contributed by atoms with Crippen LogP contribution in [-0.4, -0.2) is 55.1 Å². The van der Waals surface area contributed by atoms with Gasteiger partial charge in [-0.15, -0.1) is 0 Å². The number of phenolic OH excluding ortho intramolecular Hbond substituents is 1. The quantitative estimate of drug-likeness (QED) is 0.461. The summed E-state index contributed by atoms with van der Waals surface area (Å²) in [5, 5.41) is 10.4. The number of phenols is 1. The van der Waals surface area contributed by atoms with Crippen LogP contribution in [0.5, 0.6) is 11.5 Å². The first-order chi connectivity index (χ1) is 14.6. The number of carbonyl (C=O) groups excluding carboxylic acids is 1. The number of aromatic hydroxyl groups is 1. The zero-order valence-electron chi connectivity index (χ0n) is 18.3. The molecule has 1 saturated heterocycles. The topological polar surface area (TPSA) is 53.0 Å². The molecule has 0 radical (unpaired) electrons. The summed E-state index contributed by atoms with van der Waals surface area (Å²) in [6.45, 7) is 9.58. The van der Waals surface area contributed by atoms with Crippen molar-refractivity contribution >= 4 is 11.5 Å². The highest BCUT2D eigenvalue weighted by Crippen LogP contribution is 2.33. The highest BCUT2D eigenvalue weighted by Gasteiger charge is 2.17. The number of anilines is 1. The Hall–Kier alpha value is -2.53. The summed E-state index contributed by atoms with van der Waals surface area (Å²) in [6, 6.07) is 14.1. The fourth-order valence-electron chi connectivity index (χ4n) is 4.02. The highest BCUT2D eigenvalue weighted by molar-refractivity contribution is 5.97. The van der Waals surface area contributed by atoms with Crippen LogP contribution in [0.1, 0.15) is 49.0 Å². The van der Waals surface area contributed by atoms with Gasteiger partial charge in [0.2, 0.25) is 0 Å². The lowest BCUT2D eigenvalue weighted by atomic mass is 10.0. The molecule has 1 aliphatic heterocycles. The fraction of sp³-hybridized carbons (Fsp3) is 0.480. The van der Waals surface area contributed by atoms with E-state index in [1.54, 1.807) is 6.07 Å². The lowest BCUT2D eigenvalue weighted by Crippen LogP contribution is -2.46. The van der Waals surface area contributed by atoms with Crippen LogP contribution in [0.25, 0.3) is 0 Å². The molecule has 0 aromatic heterocycles. The first kappa shape index (κ1) is 22.2. The van der Waals surface area contributed by atoms with E-state index in [1.165, 1.54) is 12.6 Å². The fourth-order valence-corrected chi connectivity index (χ4v) is 4.02. The van der Waals surface area contributed by atoms with Gasteiger partial charge in [0.05, 0.1) is 12.2 Å². The summed E-state index contributed by atoms with van der Waals surface area (Å²) in [5.74, 6) is 0.665. The number of nitrogens with zero attached hydrogens (tertiary/aromatic N) is 2. The van der Waals surface area contributed by atoms with Gasteiger partial charge in [0, 0.05) is 37.4 Å². The van der Waals surface area contributed by atoms with E-state index in [0.29, 0.717) is 24.3 Å². The van der Waals surface area contributed by atoms with Crippen molar-refractivity contribution in [2.45, 2.75) is 39.5 Å². The molecule has 1 N–H and O–H groups in total. The Labute approximate surface area is 180 Å². The van der Waals surface area contributed by atoms with Gasteiger partial charge in [0.25, 0.3) is 0 Å². The van der Waals surface area contributed by atoms with Crippen LogP contribution in [-0.2, 0) is 6.42 Å². The number of unbranched alkanes of at least 4 members (excludes halogenated alkanes) is 1. The number of piperazine rings is 1. The van der Waals surface area contributed by atoms with E-state index in [4.69, 9.17) is 4.74 Å². The highest BCUT2D eigenvalue weighted by atomic mass is 16.5. The van der Waals surface area contributed by atoms with E-state index in [0.717, 1.165) is 57.5 Å². The number of ketones is 1. The van der Waals surface area contributed by atoms with Crippen LogP contribution >= 0.6 is 0 Å². The molecule has 0 aliphatic carbocycles. The third-order valence-electron chi connectivity index (χ3n) is 5.74. The van der Waals surface area contributed by atoms with E-state index in [9.17, 15) is 9.90 Å². The standard InChI is InChI=1S/C25H34N2O3/c1-3-9-23-24(13-12-22(20(2)28)25(23)29)30-19-8-7-14-26-15-17-27(18-16-26)21-10-5-4-6-11-21/h4-6,10-13,29H,3,7-9,14-19H2,1-2H3. The third kappa shape index (κ3) is 5.76. The normalized spacial score (nSPS) is 14.7. The average molecular weight is 411 g/mol. The van der Waals surface area contributed by atoms with Gasteiger partial charge >= 0.3 is 0 Å². The van der Waals surface area contributed by atoms with Gasteiger partial charge in [-0.25, -0.2) is 0 Å². The maximum absolute atomic E-state index is 11.7. The van der Waals surface area contributed by atoms with Crippen molar-refractivity contribution in [2.24, 2.45) is 0 Å². The zero-order valence-corrected chi connectivity index (χ0v) is 18.3. The van der Waals surface area contributed by atoms with Crippen molar-refractivity contribution in [1.29, 1.82) is 0 Å². The number of Topliss-reactive ketones (excluding diaryl/α,β-unsaturated/α-hetero) is 1. The molecule has 3 rings (SSSR count). The number of hydrogen-bond acceptors (Lipinski definition) is 5. The van der Waals surface area contributed by atoms with Crippen molar-refractivity contribution in [3.05, 3.63) is 53.6 Å². The zero-order chi connectivity index (χ0) is 21.3. The lowest BCUT2D eigenvalue weighted by Gasteiger charge is -2.36. The number of benzene rings is 2. The second kappa shape index (κ2) is 11.0. The predicted octanol–water partition coefficient (Wildman–Crippen LogP) is 4.53. The molecule has 0 saturated carbocycles. The molecule has 5 nitrogen and oxygen atoms in total. The maximum Gasteiger partial charge on any atom is 0.163 e. The Kier molecular flexibility index (Phi) is 8.14. The Morgan fingerprint density at radius 2 is 1.77 bits per heavy atom. The molecule has 1 aliphatic rings. The van der Waals surface area contributed by atoms with Crippen LogP contribution in [0.15, 0.2) is 42.5 Å². The van der Waals surface area contributed by atoms with Crippen molar-refractivity contribution in [3.8, 4) is 11.5 Å². The molecule has 0 unspecified atom stereocenters. The lowest BCUT2D eigenvalue weighted by molar-refractivity contribution is 0.101. The first-order valence-corrected chi connectivity index (χ1v) is 11.1. The molecule has 0 bridgehead atoms. The minimum absolute atomic E-state index is 0.0816. The van der Waals surface area contributed by atoms with Crippen molar-refractivity contribution in [1.82, 2.24) is 4.90 Å². The molecule has 162 valence electrons. The summed E-state index contributed by atoms with van der Waals surface area (Å²) in [4.78, 5) is 16.6. The Balaban J connectivity index is 1.40. The average Bonchev–Trinajstić information content (AvgIpc) is 2.76. The second-order valence-electron chi connectivity index (χ2n) is 7.96. The summed E-state index contributed by atoms with van der Waals surface area (Å²) < 4.78 is 5.97. The maximum atomic E-state index is 11.7. The third-order valence-corrected chi connectivity index (χ3v) is 5.74. The van der Waals surface area contributed by atoms with Gasteiger partial charge < -0.3 is 14.7 Å². The molecule has 0 spiro atoms. The molecule has 5 heteroatoms. The summed E-state index contributed by atoms with van der Waals surface area (Å²) in [5.41, 5.74) is 2.44. The molecule has 30 heavy (non-hydrogen) atoms. The second-order valence-corrected chi connectivity index (χ2v) is 7.96. The van der Waals surface area contributed by atoms with Crippen LogP contribution in [0, 0.1) is 0 Å². The largest absolute Gasteiger partial charge is 0.507 e. The minimum atomic E-state index is -0.122. The minimum Gasteiger partial charge on any atom is -0.507 e. The Bertz CT molecular complexity index is 815. The molecule has 1 fully saturated rings. The van der Waals surface area contributed by atoms with Crippen molar-refractivity contribution in [2.75, 3.05) is 44.2 Å². The van der Waals surface area contributed by atoms with Gasteiger partial charge in [-0.1, -0.05) is 31.5 Å². The van der Waals surface area contributed by atoms with Gasteiger partial charge in [0.1, 0.15) is 11.5 Å². The number of carbonyl (C=O) groups is 1. The van der Waals surface area contributed by atoms with Crippen LogP contribution in [0.3, 0.4) is 0 Å². The number of ether oxygens (including phenoxy) is 1. The summed E-state index contributed by atoms with van der Waals surface area (Å²) >= 11 is 0. The number of hydrogen-bond donors (Lipinski definition) is 1. The van der Waals surface area contributed by atoms with Gasteiger partial charge in [-0.2, -0.15) is 0 Å². The monoisotopic (exact) mass is 410 g/mol. The molecular weight excluding hydrogens is 376 g/mol. The van der Waals surface area contributed by atoms with Crippen molar-refractivity contribution in [3.63, 3.8) is 0 Å². The van der Waals surface area contributed by atoms with E-state index in [1.807, 2.05) is 6.07 Å². The number of para-hydroxylation sites is 1. The van der Waals surface area contributed by atoms with Gasteiger partial charge in [-0.3, -0.25) is 9.69 Å². The van der Waals surface area contributed by atoms with Crippen LogP contribution in [0.2, 0.25) is 0 Å². The number of rotatable bonds is 10. The Morgan fingerprint density at radius 3 is 2.43 bits per heavy atom. The molecular formula is C25H34N2O3. The van der Waals surface area contributed by atoms with E-state index in [-0.39, 0.29) is 11.5 Å².